The van der Waals surface area contributed by atoms with Gasteiger partial charge in [-0.25, -0.2) is 0 Å². The van der Waals surface area contributed by atoms with Crippen molar-refractivity contribution in [3.8, 4) is 0 Å². The highest BCUT2D eigenvalue weighted by atomic mass is 27.0. The second-order valence-corrected chi connectivity index (χ2v) is 2.05. The Kier molecular flexibility index (Phi) is 3.61. The highest BCUT2D eigenvalue weighted by Gasteiger charge is 1.81. The van der Waals surface area contributed by atoms with Gasteiger partial charge in [0.1, 0.15) is 0 Å². The highest BCUT2D eigenvalue weighted by molar-refractivity contribution is 5.75. The Labute approximate surface area is 67.0 Å². The number of aryl methyl sites for hydroxylation is 2. The first-order chi connectivity index (χ1) is 3.79. The molecule has 0 unspecified atom stereocenters. The molecule has 0 aliphatic heterocycles. The van der Waals surface area contributed by atoms with Crippen LogP contribution in [0.2, 0.25) is 0 Å². The average Bonchev–Trinajstić information content (AvgIpc) is 1.64. The van der Waals surface area contributed by atoms with Crippen molar-refractivity contribution in [1.29, 1.82) is 0 Å². The molecule has 0 saturated carbocycles. The van der Waals surface area contributed by atoms with Gasteiger partial charge in [0.15, 0.2) is 17.4 Å². The normalized spacial score (nSPS) is 8.22. The van der Waals surface area contributed by atoms with Crippen molar-refractivity contribution >= 4 is 17.4 Å². The van der Waals surface area contributed by atoms with Crippen molar-refractivity contribution < 1.29 is 0 Å². The van der Waals surface area contributed by atoms with E-state index in [0.717, 1.165) is 0 Å². The topological polar surface area (TPSA) is 0 Å². The van der Waals surface area contributed by atoms with E-state index in [0.29, 0.717) is 0 Å². The summed E-state index contributed by atoms with van der Waals surface area (Å²) in [5, 5.41) is 0. The fourth-order valence-corrected chi connectivity index (χ4v) is 0.736. The third-order valence-corrected chi connectivity index (χ3v) is 1.10. The molecule has 0 fully saturated rings. The van der Waals surface area contributed by atoms with E-state index in [1.807, 2.05) is 19.1 Å². The first kappa shape index (κ1) is 8.75. The molecule has 1 radical (unpaired) electrons. The van der Waals surface area contributed by atoms with Crippen LogP contribution in [-0.2, 0) is 0 Å². The van der Waals surface area contributed by atoms with Crippen LogP contribution >= 0.6 is 0 Å². The Bertz CT molecular complexity index is 164. The molecule has 0 N–H and O–H groups in total. The molecular formula is C8H12Al. The second kappa shape index (κ2) is 3.72. The zero-order valence-electron chi connectivity index (χ0n) is 5.23. The van der Waals surface area contributed by atoms with Gasteiger partial charge in [0.05, 0.1) is 0 Å². The minimum absolute atomic E-state index is 0. The molecule has 0 nitrogen and oxygen atoms in total. The molecule has 0 aromatic heterocycles. The summed E-state index contributed by atoms with van der Waals surface area (Å²) >= 11 is 0. The summed E-state index contributed by atoms with van der Waals surface area (Å²) in [6.07, 6.45) is 0. The van der Waals surface area contributed by atoms with Crippen LogP contribution in [0, 0.1) is 19.9 Å². The Balaban J connectivity index is 0.000000640. The number of benzene rings is 1. The van der Waals surface area contributed by atoms with Gasteiger partial charge in [-0.15, -0.1) is 0 Å². The van der Waals surface area contributed by atoms with E-state index < -0.39 is 0 Å². The summed E-state index contributed by atoms with van der Waals surface area (Å²) < 4.78 is 0. The van der Waals surface area contributed by atoms with Crippen LogP contribution in [0.15, 0.2) is 18.2 Å². The molecule has 0 aliphatic rings. The number of hydrogen-bond donors (Lipinski definition) is 0. The molecule has 1 heteroatoms. The van der Waals surface area contributed by atoms with Gasteiger partial charge in [-0.1, -0.05) is 23.8 Å². The van der Waals surface area contributed by atoms with Crippen LogP contribution in [-0.4, -0.2) is 17.4 Å². The first-order valence-electron chi connectivity index (χ1n) is 2.74. The fourth-order valence-electron chi connectivity index (χ4n) is 0.736. The van der Waals surface area contributed by atoms with Gasteiger partial charge in [0.25, 0.3) is 0 Å². The van der Waals surface area contributed by atoms with Crippen LogP contribution < -0.4 is 0 Å². The van der Waals surface area contributed by atoms with Gasteiger partial charge < -0.3 is 0 Å². The molecule has 0 bridgehead atoms. The lowest BCUT2D eigenvalue weighted by molar-refractivity contribution is 1.38. The average molecular weight is 135 g/mol. The maximum absolute atomic E-state index is 3.07. The minimum atomic E-state index is 0. The van der Waals surface area contributed by atoms with Crippen LogP contribution in [0.3, 0.4) is 0 Å². The summed E-state index contributed by atoms with van der Waals surface area (Å²) in [5.74, 6) is 0. The van der Waals surface area contributed by atoms with E-state index in [9.17, 15) is 0 Å². The van der Waals surface area contributed by atoms with Crippen molar-refractivity contribution in [1.82, 2.24) is 0 Å². The molecule has 0 atom stereocenters. The predicted molar refractivity (Wildman–Crippen MR) is 44.7 cm³/mol. The first-order valence-corrected chi connectivity index (χ1v) is 2.74. The molecule has 0 heterocycles. The van der Waals surface area contributed by atoms with Crippen molar-refractivity contribution in [3.63, 3.8) is 0 Å². The molecule has 1 aromatic rings. The lowest BCUT2D eigenvalue weighted by Crippen LogP contribution is -1.72. The zero-order chi connectivity index (χ0) is 5.98. The standard InChI is InChI=1S/C8H9.Al.3H/c1-7-4-3-5-8(2)6-7;;;;/h3-4,6H,1-2H3;;;;. The fraction of sp³-hybridized carbons (Fsp3) is 0.250. The lowest BCUT2D eigenvalue weighted by Gasteiger charge is -1.90. The largest absolute Gasteiger partial charge is 0.187 e. The molecule has 0 saturated heterocycles. The molecule has 1 rings (SSSR count). The van der Waals surface area contributed by atoms with Crippen LogP contribution in [0.4, 0.5) is 0 Å². The molecule has 47 valence electrons. The van der Waals surface area contributed by atoms with E-state index in [2.05, 4.69) is 19.1 Å². The Hall–Kier alpha value is -0.248. The SMILES string of the molecule is Cc1[c]ccc(C)c1.[AlH3]. The van der Waals surface area contributed by atoms with E-state index >= 15 is 0 Å². The van der Waals surface area contributed by atoms with Gasteiger partial charge in [0, 0.05) is 0 Å². The van der Waals surface area contributed by atoms with Crippen LogP contribution in [0.25, 0.3) is 0 Å². The van der Waals surface area contributed by atoms with Gasteiger partial charge in [-0.3, -0.25) is 0 Å². The lowest BCUT2D eigenvalue weighted by atomic mass is 10.2. The maximum atomic E-state index is 3.07. The van der Waals surface area contributed by atoms with Crippen molar-refractivity contribution in [2.75, 3.05) is 0 Å². The van der Waals surface area contributed by atoms with Gasteiger partial charge in [-0.05, 0) is 25.5 Å². The molecule has 0 spiro atoms. The Morgan fingerprint density at radius 1 is 1.33 bits per heavy atom. The Morgan fingerprint density at radius 2 is 2.00 bits per heavy atom. The third kappa shape index (κ3) is 2.70. The van der Waals surface area contributed by atoms with E-state index in [1.54, 1.807) is 0 Å². The van der Waals surface area contributed by atoms with Gasteiger partial charge in [-0.2, -0.15) is 0 Å². The smallest absolute Gasteiger partial charge is 0.0587 e. The van der Waals surface area contributed by atoms with Crippen molar-refractivity contribution in [2.24, 2.45) is 0 Å². The quantitative estimate of drug-likeness (QED) is 0.464. The molecule has 9 heavy (non-hydrogen) atoms. The van der Waals surface area contributed by atoms with Crippen LogP contribution in [0.1, 0.15) is 11.1 Å². The third-order valence-electron chi connectivity index (χ3n) is 1.10. The summed E-state index contributed by atoms with van der Waals surface area (Å²) in [7, 11) is 0. The summed E-state index contributed by atoms with van der Waals surface area (Å²) in [6.45, 7) is 4.13. The zero-order valence-corrected chi connectivity index (χ0v) is 5.23. The maximum Gasteiger partial charge on any atom is 0.187 e. The number of hydrogen-bond acceptors (Lipinski definition) is 0. The van der Waals surface area contributed by atoms with E-state index in [-0.39, 0.29) is 17.4 Å². The second-order valence-electron chi connectivity index (χ2n) is 2.05. The van der Waals surface area contributed by atoms with Crippen molar-refractivity contribution in [3.05, 3.63) is 35.4 Å². The molecule has 0 aliphatic carbocycles. The highest BCUT2D eigenvalue weighted by Crippen LogP contribution is 1.99. The summed E-state index contributed by atoms with van der Waals surface area (Å²) in [5.41, 5.74) is 2.52. The van der Waals surface area contributed by atoms with E-state index in [1.165, 1.54) is 11.1 Å². The Morgan fingerprint density at radius 3 is 2.33 bits per heavy atom. The summed E-state index contributed by atoms with van der Waals surface area (Å²) in [6, 6.07) is 9.18. The van der Waals surface area contributed by atoms with Crippen molar-refractivity contribution in [2.45, 2.75) is 13.8 Å². The summed E-state index contributed by atoms with van der Waals surface area (Å²) in [4.78, 5) is 0. The minimum Gasteiger partial charge on any atom is -0.0587 e. The van der Waals surface area contributed by atoms with Gasteiger partial charge >= 0.3 is 0 Å². The predicted octanol–water partition coefficient (Wildman–Crippen LogP) is 0.920. The van der Waals surface area contributed by atoms with Gasteiger partial charge in [0.2, 0.25) is 0 Å². The van der Waals surface area contributed by atoms with E-state index in [4.69, 9.17) is 0 Å². The number of rotatable bonds is 0. The van der Waals surface area contributed by atoms with Crippen LogP contribution in [0.5, 0.6) is 0 Å². The monoisotopic (exact) mass is 135 g/mol. The molecule has 1 aromatic carbocycles. The molecule has 0 amide bonds. The molecular weight excluding hydrogens is 123 g/mol.